The van der Waals surface area contributed by atoms with E-state index in [0.717, 1.165) is 0 Å². The van der Waals surface area contributed by atoms with Gasteiger partial charge in [-0.1, -0.05) is 6.08 Å². The predicted molar refractivity (Wildman–Crippen MR) is 58.2 cm³/mol. The number of halogens is 3. The minimum Gasteiger partial charge on any atom is -0.391 e. The van der Waals surface area contributed by atoms with Gasteiger partial charge in [0.05, 0.1) is 25.4 Å². The molecular formula is C11H16F3NO4. The van der Waals surface area contributed by atoms with Gasteiger partial charge in [0.15, 0.2) is 12.4 Å². The molecule has 2 unspecified atom stereocenters. The number of epoxide rings is 1. The summed E-state index contributed by atoms with van der Waals surface area (Å²) in [5, 5.41) is 12.4. The molecule has 0 aliphatic carbocycles. The van der Waals surface area contributed by atoms with Crippen LogP contribution in [0.2, 0.25) is 0 Å². The maximum atomic E-state index is 12.3. The Labute approximate surface area is 108 Å². The van der Waals surface area contributed by atoms with Gasteiger partial charge in [0.1, 0.15) is 6.23 Å². The van der Waals surface area contributed by atoms with Crippen molar-refractivity contribution in [1.29, 1.82) is 0 Å². The van der Waals surface area contributed by atoms with E-state index < -0.39 is 36.9 Å². The second-order valence-electron chi connectivity index (χ2n) is 4.48. The van der Waals surface area contributed by atoms with Crippen LogP contribution in [0.15, 0.2) is 12.7 Å². The zero-order chi connectivity index (χ0) is 14.0. The molecule has 2 aliphatic heterocycles. The third kappa shape index (κ3) is 3.90. The van der Waals surface area contributed by atoms with Crippen molar-refractivity contribution in [1.82, 2.24) is 5.32 Å². The Morgan fingerprint density at radius 3 is 2.74 bits per heavy atom. The summed E-state index contributed by atoms with van der Waals surface area (Å²) >= 11 is 0. The molecule has 0 radical (unpaired) electrons. The standard InChI is InChI=1S/C11H16F3NO4/c1-2-3-17-8-4-7(16)6(5-18-8)15-10-9(19-10)11(12,13)14/h2,6-10,15-16H,1,3-5H2/t6-,7+,8-,9?,10?/m0/s1. The van der Waals surface area contributed by atoms with Crippen LogP contribution in [0.5, 0.6) is 0 Å². The average molecular weight is 283 g/mol. The molecule has 2 N–H and O–H groups in total. The lowest BCUT2D eigenvalue weighted by Gasteiger charge is -2.33. The van der Waals surface area contributed by atoms with E-state index in [-0.39, 0.29) is 19.6 Å². The normalized spacial score (nSPS) is 39.1. The van der Waals surface area contributed by atoms with Gasteiger partial charge in [-0.05, 0) is 0 Å². The summed E-state index contributed by atoms with van der Waals surface area (Å²) in [5.74, 6) is 0. The number of hydrogen-bond acceptors (Lipinski definition) is 5. The first kappa shape index (κ1) is 14.7. The molecule has 0 amide bonds. The Morgan fingerprint density at radius 2 is 2.21 bits per heavy atom. The zero-order valence-corrected chi connectivity index (χ0v) is 10.1. The van der Waals surface area contributed by atoms with Crippen LogP contribution in [-0.4, -0.2) is 55.3 Å². The van der Waals surface area contributed by atoms with E-state index in [9.17, 15) is 18.3 Å². The van der Waals surface area contributed by atoms with Gasteiger partial charge in [-0.25, -0.2) is 0 Å². The number of alkyl halides is 3. The monoisotopic (exact) mass is 283 g/mol. The van der Waals surface area contributed by atoms with Crippen molar-refractivity contribution in [2.45, 2.75) is 43.4 Å². The van der Waals surface area contributed by atoms with Crippen LogP contribution >= 0.6 is 0 Å². The van der Waals surface area contributed by atoms with Crippen LogP contribution in [0, 0.1) is 0 Å². The number of nitrogens with one attached hydrogen (secondary N) is 1. The Balaban J connectivity index is 1.74. The van der Waals surface area contributed by atoms with Gasteiger partial charge >= 0.3 is 6.18 Å². The smallest absolute Gasteiger partial charge is 0.391 e. The van der Waals surface area contributed by atoms with E-state index in [1.54, 1.807) is 6.08 Å². The van der Waals surface area contributed by atoms with E-state index in [1.807, 2.05) is 0 Å². The van der Waals surface area contributed by atoms with Crippen molar-refractivity contribution >= 4 is 0 Å². The lowest BCUT2D eigenvalue weighted by molar-refractivity contribution is -0.189. The van der Waals surface area contributed by atoms with Gasteiger partial charge in [0.25, 0.3) is 0 Å². The molecule has 2 heterocycles. The van der Waals surface area contributed by atoms with E-state index >= 15 is 0 Å². The Hall–Kier alpha value is -0.670. The van der Waals surface area contributed by atoms with Crippen LogP contribution in [0.25, 0.3) is 0 Å². The van der Waals surface area contributed by atoms with E-state index in [1.165, 1.54) is 0 Å². The Kier molecular flexibility index (Phi) is 4.46. The van der Waals surface area contributed by atoms with Crippen LogP contribution in [0.4, 0.5) is 13.2 Å². The summed E-state index contributed by atoms with van der Waals surface area (Å²) in [5.41, 5.74) is 0. The lowest BCUT2D eigenvalue weighted by Crippen LogP contribution is -2.52. The number of hydrogen-bond donors (Lipinski definition) is 2. The first-order valence-corrected chi connectivity index (χ1v) is 5.92. The topological polar surface area (TPSA) is 63.2 Å². The lowest BCUT2D eigenvalue weighted by atomic mass is 10.1. The third-order valence-electron chi connectivity index (χ3n) is 2.95. The van der Waals surface area contributed by atoms with E-state index in [0.29, 0.717) is 0 Å². The molecule has 19 heavy (non-hydrogen) atoms. The van der Waals surface area contributed by atoms with Crippen molar-refractivity contribution in [2.75, 3.05) is 13.2 Å². The van der Waals surface area contributed by atoms with Crippen molar-refractivity contribution in [3.8, 4) is 0 Å². The van der Waals surface area contributed by atoms with Gasteiger partial charge in [0.2, 0.25) is 0 Å². The Morgan fingerprint density at radius 1 is 1.47 bits per heavy atom. The highest BCUT2D eigenvalue weighted by Crippen LogP contribution is 2.36. The average Bonchev–Trinajstić information content (AvgIpc) is 3.09. The van der Waals surface area contributed by atoms with E-state index in [2.05, 4.69) is 16.6 Å². The van der Waals surface area contributed by atoms with Crippen molar-refractivity contribution in [2.24, 2.45) is 0 Å². The van der Waals surface area contributed by atoms with Gasteiger partial charge in [-0.3, -0.25) is 5.32 Å². The summed E-state index contributed by atoms with van der Waals surface area (Å²) < 4.78 is 51.7. The Bertz CT molecular complexity index is 326. The molecule has 0 saturated carbocycles. The van der Waals surface area contributed by atoms with Gasteiger partial charge in [-0.15, -0.1) is 6.58 Å². The maximum absolute atomic E-state index is 12.3. The molecule has 0 aromatic rings. The highest BCUT2D eigenvalue weighted by atomic mass is 19.4. The summed E-state index contributed by atoms with van der Waals surface area (Å²) in [6, 6.07) is -0.596. The molecule has 5 atom stereocenters. The third-order valence-corrected chi connectivity index (χ3v) is 2.95. The maximum Gasteiger partial charge on any atom is 0.418 e. The largest absolute Gasteiger partial charge is 0.418 e. The molecule has 0 bridgehead atoms. The van der Waals surface area contributed by atoms with Crippen LogP contribution < -0.4 is 5.32 Å². The SMILES string of the molecule is C=CCO[C@@H]1C[C@@H](O)[C@@H](NC2OC2C(F)(F)F)CO1. The molecule has 2 fully saturated rings. The molecule has 2 rings (SSSR count). The molecule has 0 spiro atoms. The molecular weight excluding hydrogens is 267 g/mol. The summed E-state index contributed by atoms with van der Waals surface area (Å²) in [6.07, 6.45) is -6.95. The second kappa shape index (κ2) is 5.76. The minimum atomic E-state index is -4.38. The zero-order valence-electron chi connectivity index (χ0n) is 10.1. The first-order chi connectivity index (χ1) is 8.91. The first-order valence-electron chi connectivity index (χ1n) is 5.92. The fourth-order valence-electron chi connectivity index (χ4n) is 1.90. The summed E-state index contributed by atoms with van der Waals surface area (Å²) in [7, 11) is 0. The van der Waals surface area contributed by atoms with Crippen molar-refractivity contribution < 1.29 is 32.5 Å². The highest BCUT2D eigenvalue weighted by Gasteiger charge is 2.59. The van der Waals surface area contributed by atoms with Gasteiger partial charge in [0, 0.05) is 6.42 Å². The molecule has 2 aliphatic rings. The quantitative estimate of drug-likeness (QED) is 0.569. The minimum absolute atomic E-state index is 0.0629. The molecule has 110 valence electrons. The summed E-state index contributed by atoms with van der Waals surface area (Å²) in [6.45, 7) is 3.83. The summed E-state index contributed by atoms with van der Waals surface area (Å²) in [4.78, 5) is 0. The van der Waals surface area contributed by atoms with Crippen molar-refractivity contribution in [3.63, 3.8) is 0 Å². The molecule has 0 aromatic heterocycles. The molecule has 5 nitrogen and oxygen atoms in total. The number of rotatable bonds is 5. The van der Waals surface area contributed by atoms with Crippen molar-refractivity contribution in [3.05, 3.63) is 12.7 Å². The van der Waals surface area contributed by atoms with Gasteiger partial charge in [-0.2, -0.15) is 13.2 Å². The number of aliphatic hydroxyl groups is 1. The van der Waals surface area contributed by atoms with Gasteiger partial charge < -0.3 is 19.3 Å². The fourth-order valence-corrected chi connectivity index (χ4v) is 1.90. The number of aliphatic hydroxyl groups excluding tert-OH is 1. The van der Waals surface area contributed by atoms with E-state index in [4.69, 9.17) is 9.47 Å². The molecule has 2 saturated heterocycles. The molecule has 8 heteroatoms. The predicted octanol–water partition coefficient (Wildman–Crippen LogP) is 0.542. The number of ether oxygens (including phenoxy) is 3. The fraction of sp³-hybridized carbons (Fsp3) is 0.818. The van der Waals surface area contributed by atoms with Crippen LogP contribution in [-0.2, 0) is 14.2 Å². The molecule has 0 aromatic carbocycles. The van der Waals surface area contributed by atoms with Crippen LogP contribution in [0.1, 0.15) is 6.42 Å². The van der Waals surface area contributed by atoms with Crippen LogP contribution in [0.3, 0.4) is 0 Å². The second-order valence-corrected chi connectivity index (χ2v) is 4.48. The highest BCUT2D eigenvalue weighted by molar-refractivity contribution is 4.93.